The molecule has 0 aromatic heterocycles. The van der Waals surface area contributed by atoms with Crippen LogP contribution in [0.25, 0.3) is 0 Å². The van der Waals surface area contributed by atoms with E-state index in [9.17, 15) is 9.18 Å². The predicted octanol–water partition coefficient (Wildman–Crippen LogP) is 3.28. The molecule has 23 heavy (non-hydrogen) atoms. The topological polar surface area (TPSA) is 32.3 Å². The molecule has 0 spiro atoms. The van der Waals surface area contributed by atoms with E-state index in [1.807, 2.05) is 0 Å². The van der Waals surface area contributed by atoms with E-state index in [-0.39, 0.29) is 18.1 Å². The minimum Gasteiger partial charge on any atom is -0.372 e. The third kappa shape index (κ3) is 4.31. The number of hydrogen-bond donors (Lipinski definition) is 1. The molecule has 4 heteroatoms. The Labute approximate surface area is 136 Å². The van der Waals surface area contributed by atoms with Gasteiger partial charge in [-0.25, -0.2) is 4.39 Å². The molecular formula is C19H21FN2O. The molecule has 0 saturated carbocycles. The highest BCUT2D eigenvalue weighted by Crippen LogP contribution is 2.20. The lowest BCUT2D eigenvalue weighted by atomic mass is 10.1. The van der Waals surface area contributed by atoms with Gasteiger partial charge in [0, 0.05) is 25.3 Å². The van der Waals surface area contributed by atoms with Crippen molar-refractivity contribution in [1.82, 2.24) is 5.32 Å². The van der Waals surface area contributed by atoms with Gasteiger partial charge in [-0.15, -0.1) is 0 Å². The van der Waals surface area contributed by atoms with Gasteiger partial charge in [-0.05, 0) is 48.2 Å². The molecule has 1 N–H and O–H groups in total. The summed E-state index contributed by atoms with van der Waals surface area (Å²) in [5.41, 5.74) is 3.15. The van der Waals surface area contributed by atoms with Crippen molar-refractivity contribution in [2.75, 3.05) is 18.0 Å². The van der Waals surface area contributed by atoms with Crippen LogP contribution in [-0.2, 0) is 17.8 Å². The maximum atomic E-state index is 12.8. The molecule has 1 saturated heterocycles. The van der Waals surface area contributed by atoms with Crippen molar-refractivity contribution in [3.63, 3.8) is 0 Å². The van der Waals surface area contributed by atoms with E-state index < -0.39 is 0 Å². The SMILES string of the molecule is O=C(Cc1ccc(F)cc1)NCc1ccc(N2CCCC2)cc1. The molecule has 1 amide bonds. The van der Waals surface area contributed by atoms with Crippen molar-refractivity contribution in [3.8, 4) is 0 Å². The molecule has 1 fully saturated rings. The van der Waals surface area contributed by atoms with Crippen LogP contribution in [0.2, 0.25) is 0 Å². The highest BCUT2D eigenvalue weighted by molar-refractivity contribution is 5.78. The molecule has 0 atom stereocenters. The number of nitrogens with one attached hydrogen (secondary N) is 1. The maximum Gasteiger partial charge on any atom is 0.224 e. The van der Waals surface area contributed by atoms with E-state index in [0.717, 1.165) is 24.2 Å². The number of rotatable bonds is 5. The van der Waals surface area contributed by atoms with E-state index >= 15 is 0 Å². The fourth-order valence-corrected chi connectivity index (χ4v) is 2.85. The monoisotopic (exact) mass is 312 g/mol. The summed E-state index contributed by atoms with van der Waals surface area (Å²) in [7, 11) is 0. The first-order chi connectivity index (χ1) is 11.2. The van der Waals surface area contributed by atoms with Gasteiger partial charge in [0.2, 0.25) is 5.91 Å². The number of halogens is 1. The number of carbonyl (C=O) groups excluding carboxylic acids is 1. The summed E-state index contributed by atoms with van der Waals surface area (Å²) < 4.78 is 12.8. The van der Waals surface area contributed by atoms with Crippen LogP contribution in [0.3, 0.4) is 0 Å². The van der Waals surface area contributed by atoms with E-state index in [1.54, 1.807) is 12.1 Å². The number of nitrogens with zero attached hydrogens (tertiary/aromatic N) is 1. The van der Waals surface area contributed by atoms with Crippen molar-refractivity contribution in [3.05, 3.63) is 65.5 Å². The second kappa shape index (κ2) is 7.27. The van der Waals surface area contributed by atoms with E-state index in [1.165, 1.54) is 30.7 Å². The zero-order chi connectivity index (χ0) is 16.1. The second-order valence-corrected chi connectivity index (χ2v) is 5.94. The Bertz CT molecular complexity index is 646. The van der Waals surface area contributed by atoms with Gasteiger partial charge in [0.05, 0.1) is 6.42 Å². The molecule has 1 heterocycles. The Hall–Kier alpha value is -2.36. The maximum absolute atomic E-state index is 12.8. The van der Waals surface area contributed by atoms with Gasteiger partial charge in [0.15, 0.2) is 0 Å². The summed E-state index contributed by atoms with van der Waals surface area (Å²) in [5.74, 6) is -0.340. The van der Waals surface area contributed by atoms with E-state index in [4.69, 9.17) is 0 Å². The Morgan fingerprint density at radius 3 is 2.22 bits per heavy atom. The number of hydrogen-bond acceptors (Lipinski definition) is 2. The van der Waals surface area contributed by atoms with Crippen molar-refractivity contribution in [1.29, 1.82) is 0 Å². The Kier molecular flexibility index (Phi) is 4.91. The lowest BCUT2D eigenvalue weighted by molar-refractivity contribution is -0.120. The van der Waals surface area contributed by atoms with E-state index in [0.29, 0.717) is 6.54 Å². The van der Waals surface area contributed by atoms with Crippen molar-refractivity contribution < 1.29 is 9.18 Å². The van der Waals surface area contributed by atoms with Crippen molar-refractivity contribution in [2.45, 2.75) is 25.8 Å². The van der Waals surface area contributed by atoms with Gasteiger partial charge in [-0.2, -0.15) is 0 Å². The Balaban J connectivity index is 1.49. The first-order valence-corrected chi connectivity index (χ1v) is 8.06. The summed E-state index contributed by atoms with van der Waals surface area (Å²) in [5, 5.41) is 2.90. The quantitative estimate of drug-likeness (QED) is 0.919. The Morgan fingerprint density at radius 1 is 0.957 bits per heavy atom. The minimum atomic E-state index is -0.285. The summed E-state index contributed by atoms with van der Waals surface area (Å²) >= 11 is 0. The summed E-state index contributed by atoms with van der Waals surface area (Å²) in [6.07, 6.45) is 2.80. The fourth-order valence-electron chi connectivity index (χ4n) is 2.85. The molecule has 0 unspecified atom stereocenters. The van der Waals surface area contributed by atoms with Crippen LogP contribution < -0.4 is 10.2 Å². The van der Waals surface area contributed by atoms with Gasteiger partial charge in [-0.3, -0.25) is 4.79 Å². The normalized spacial score (nSPS) is 14.0. The predicted molar refractivity (Wildman–Crippen MR) is 89.8 cm³/mol. The molecule has 1 aliphatic heterocycles. The molecular weight excluding hydrogens is 291 g/mol. The first-order valence-electron chi connectivity index (χ1n) is 8.06. The number of anilines is 1. The summed E-state index contributed by atoms with van der Waals surface area (Å²) in [4.78, 5) is 14.3. The molecule has 2 aromatic carbocycles. The highest BCUT2D eigenvalue weighted by Gasteiger charge is 2.11. The average Bonchev–Trinajstić information content (AvgIpc) is 3.10. The molecule has 0 radical (unpaired) electrons. The van der Waals surface area contributed by atoms with Crippen LogP contribution in [0, 0.1) is 5.82 Å². The smallest absolute Gasteiger partial charge is 0.224 e. The molecule has 1 aliphatic rings. The number of benzene rings is 2. The zero-order valence-corrected chi connectivity index (χ0v) is 13.1. The van der Waals surface area contributed by atoms with Crippen LogP contribution in [-0.4, -0.2) is 19.0 Å². The van der Waals surface area contributed by atoms with Crippen LogP contribution in [0.15, 0.2) is 48.5 Å². The Morgan fingerprint density at radius 2 is 1.57 bits per heavy atom. The third-order valence-corrected chi connectivity index (χ3v) is 4.18. The van der Waals surface area contributed by atoms with Crippen LogP contribution >= 0.6 is 0 Å². The lowest BCUT2D eigenvalue weighted by Crippen LogP contribution is -2.24. The van der Waals surface area contributed by atoms with Gasteiger partial charge in [-0.1, -0.05) is 24.3 Å². The average molecular weight is 312 g/mol. The van der Waals surface area contributed by atoms with E-state index in [2.05, 4.69) is 34.5 Å². The zero-order valence-electron chi connectivity index (χ0n) is 13.1. The van der Waals surface area contributed by atoms with Gasteiger partial charge in [0.25, 0.3) is 0 Å². The van der Waals surface area contributed by atoms with Gasteiger partial charge in [0.1, 0.15) is 5.82 Å². The molecule has 3 rings (SSSR count). The van der Waals surface area contributed by atoms with Gasteiger partial charge < -0.3 is 10.2 Å². The first kappa shape index (κ1) is 15.5. The molecule has 120 valence electrons. The fraction of sp³-hybridized carbons (Fsp3) is 0.316. The highest BCUT2D eigenvalue weighted by atomic mass is 19.1. The third-order valence-electron chi connectivity index (χ3n) is 4.18. The van der Waals surface area contributed by atoms with Crippen molar-refractivity contribution >= 4 is 11.6 Å². The summed E-state index contributed by atoms with van der Waals surface area (Å²) in [6, 6.07) is 14.4. The summed E-state index contributed by atoms with van der Waals surface area (Å²) in [6.45, 7) is 2.78. The standard InChI is InChI=1S/C19H21FN2O/c20-17-7-3-15(4-8-17)13-19(23)21-14-16-5-9-18(10-6-16)22-11-1-2-12-22/h3-10H,1-2,11-14H2,(H,21,23). The number of carbonyl (C=O) groups is 1. The molecule has 0 bridgehead atoms. The van der Waals surface area contributed by atoms with Crippen LogP contribution in [0.1, 0.15) is 24.0 Å². The van der Waals surface area contributed by atoms with Gasteiger partial charge >= 0.3 is 0 Å². The molecule has 2 aromatic rings. The number of amides is 1. The lowest BCUT2D eigenvalue weighted by Gasteiger charge is -2.17. The largest absolute Gasteiger partial charge is 0.372 e. The molecule has 3 nitrogen and oxygen atoms in total. The van der Waals surface area contributed by atoms with Crippen LogP contribution in [0.4, 0.5) is 10.1 Å². The van der Waals surface area contributed by atoms with Crippen LogP contribution in [0.5, 0.6) is 0 Å². The molecule has 0 aliphatic carbocycles. The minimum absolute atomic E-state index is 0.0553. The second-order valence-electron chi connectivity index (χ2n) is 5.94. The van der Waals surface area contributed by atoms with Crippen molar-refractivity contribution in [2.24, 2.45) is 0 Å².